The molecule has 1 aliphatic rings. The fourth-order valence-electron chi connectivity index (χ4n) is 3.63. The molecule has 0 saturated heterocycles. The van der Waals surface area contributed by atoms with E-state index in [9.17, 15) is 9.59 Å². The molecular formula is C23H35NO3. The number of aldehydes is 1. The van der Waals surface area contributed by atoms with Crippen LogP contribution >= 0.6 is 0 Å². The predicted octanol–water partition coefficient (Wildman–Crippen LogP) is 4.53. The number of carbonyl (C=O) groups excluding carboxylic acids is 2. The second-order valence-corrected chi connectivity index (χ2v) is 9.67. The standard InChI is InChI=1S/C23H35NO3/c1-22(2,3)21(15-25)27-16-23(4,5)12-7-6-9-18-10-8-11-19-13-24(17-26)14-20(18)19/h8,10-11,15,17,21H,6-7,9,12-14,16H2,1-5H3. The summed E-state index contributed by atoms with van der Waals surface area (Å²) in [5.74, 6) is 0. The third-order valence-electron chi connectivity index (χ3n) is 5.43. The highest BCUT2D eigenvalue weighted by molar-refractivity contribution is 5.57. The van der Waals surface area contributed by atoms with Crippen molar-refractivity contribution in [1.82, 2.24) is 4.90 Å². The van der Waals surface area contributed by atoms with Crippen molar-refractivity contribution in [3.63, 3.8) is 0 Å². The summed E-state index contributed by atoms with van der Waals surface area (Å²) in [4.78, 5) is 24.1. The smallest absolute Gasteiger partial charge is 0.210 e. The van der Waals surface area contributed by atoms with E-state index in [1.807, 2.05) is 25.7 Å². The summed E-state index contributed by atoms with van der Waals surface area (Å²) in [6.45, 7) is 12.6. The molecule has 1 unspecified atom stereocenters. The van der Waals surface area contributed by atoms with Crippen molar-refractivity contribution in [1.29, 1.82) is 0 Å². The zero-order valence-corrected chi connectivity index (χ0v) is 17.6. The Bertz CT molecular complexity index is 646. The van der Waals surface area contributed by atoms with E-state index in [0.29, 0.717) is 6.61 Å². The van der Waals surface area contributed by atoms with Gasteiger partial charge in [-0.25, -0.2) is 0 Å². The van der Waals surface area contributed by atoms with Crippen LogP contribution in [0.5, 0.6) is 0 Å². The maximum atomic E-state index is 11.3. The molecule has 1 aromatic rings. The van der Waals surface area contributed by atoms with E-state index in [0.717, 1.165) is 51.5 Å². The SMILES string of the molecule is CC(C)(CCCCc1cccc2c1CN(C=O)C2)COC(C=O)C(C)(C)C. The van der Waals surface area contributed by atoms with Gasteiger partial charge in [-0.2, -0.15) is 0 Å². The van der Waals surface area contributed by atoms with Crippen LogP contribution in [-0.2, 0) is 33.8 Å². The Morgan fingerprint density at radius 1 is 1.11 bits per heavy atom. The van der Waals surface area contributed by atoms with E-state index in [1.54, 1.807) is 0 Å². The van der Waals surface area contributed by atoms with Gasteiger partial charge in [0.25, 0.3) is 0 Å². The van der Waals surface area contributed by atoms with Gasteiger partial charge < -0.3 is 14.4 Å². The first-order valence-electron chi connectivity index (χ1n) is 10.0. The molecule has 27 heavy (non-hydrogen) atoms. The Morgan fingerprint density at radius 3 is 2.48 bits per heavy atom. The van der Waals surface area contributed by atoms with E-state index in [1.165, 1.54) is 16.7 Å². The van der Waals surface area contributed by atoms with Crippen LogP contribution in [0.25, 0.3) is 0 Å². The largest absolute Gasteiger partial charge is 0.370 e. The lowest BCUT2D eigenvalue weighted by Gasteiger charge is -2.31. The molecule has 1 aliphatic heterocycles. The molecular weight excluding hydrogens is 338 g/mol. The predicted molar refractivity (Wildman–Crippen MR) is 108 cm³/mol. The molecule has 0 radical (unpaired) electrons. The molecule has 1 aromatic carbocycles. The van der Waals surface area contributed by atoms with E-state index in [-0.39, 0.29) is 16.9 Å². The molecule has 0 bridgehead atoms. The van der Waals surface area contributed by atoms with Gasteiger partial charge in [0, 0.05) is 13.1 Å². The van der Waals surface area contributed by atoms with Gasteiger partial charge in [-0.05, 0) is 46.8 Å². The van der Waals surface area contributed by atoms with Gasteiger partial charge >= 0.3 is 0 Å². The average molecular weight is 374 g/mol. The second kappa shape index (κ2) is 9.01. The summed E-state index contributed by atoms with van der Waals surface area (Å²) < 4.78 is 5.91. The molecule has 4 heteroatoms. The second-order valence-electron chi connectivity index (χ2n) is 9.67. The Morgan fingerprint density at radius 2 is 1.85 bits per heavy atom. The van der Waals surface area contributed by atoms with Crippen molar-refractivity contribution >= 4 is 12.7 Å². The van der Waals surface area contributed by atoms with E-state index in [4.69, 9.17) is 4.74 Å². The van der Waals surface area contributed by atoms with Crippen LogP contribution < -0.4 is 0 Å². The van der Waals surface area contributed by atoms with Crippen LogP contribution in [0.2, 0.25) is 0 Å². The summed E-state index contributed by atoms with van der Waals surface area (Å²) in [5, 5.41) is 0. The molecule has 0 fully saturated rings. The number of hydrogen-bond donors (Lipinski definition) is 0. The monoisotopic (exact) mass is 373 g/mol. The molecule has 150 valence electrons. The first-order valence-corrected chi connectivity index (χ1v) is 10.0. The highest BCUT2D eigenvalue weighted by Gasteiger charge is 2.28. The van der Waals surface area contributed by atoms with E-state index < -0.39 is 0 Å². The molecule has 0 N–H and O–H groups in total. The molecule has 0 spiro atoms. The van der Waals surface area contributed by atoms with Crippen LogP contribution in [0.4, 0.5) is 0 Å². The van der Waals surface area contributed by atoms with E-state index in [2.05, 4.69) is 32.0 Å². The number of rotatable bonds is 10. The van der Waals surface area contributed by atoms with Gasteiger partial charge in [0.15, 0.2) is 0 Å². The number of nitrogens with zero attached hydrogens (tertiary/aromatic N) is 1. The van der Waals surface area contributed by atoms with E-state index >= 15 is 0 Å². The van der Waals surface area contributed by atoms with Gasteiger partial charge in [0.1, 0.15) is 12.4 Å². The van der Waals surface area contributed by atoms with Crippen LogP contribution in [0, 0.1) is 10.8 Å². The third-order valence-corrected chi connectivity index (χ3v) is 5.43. The first-order chi connectivity index (χ1) is 12.7. The van der Waals surface area contributed by atoms with Gasteiger partial charge in [-0.3, -0.25) is 4.79 Å². The Balaban J connectivity index is 1.79. The van der Waals surface area contributed by atoms with Crippen molar-refractivity contribution in [3.8, 4) is 0 Å². The lowest BCUT2D eigenvalue weighted by molar-refractivity contribution is -0.128. The molecule has 0 aliphatic carbocycles. The first kappa shape index (κ1) is 21.6. The van der Waals surface area contributed by atoms with Crippen molar-refractivity contribution in [2.24, 2.45) is 10.8 Å². The maximum Gasteiger partial charge on any atom is 0.210 e. The average Bonchev–Trinajstić information content (AvgIpc) is 3.02. The van der Waals surface area contributed by atoms with Gasteiger partial charge in [0.2, 0.25) is 6.41 Å². The molecule has 4 nitrogen and oxygen atoms in total. The van der Waals surface area contributed by atoms with Crippen molar-refractivity contribution < 1.29 is 14.3 Å². The maximum absolute atomic E-state index is 11.3. The molecule has 1 atom stereocenters. The number of benzene rings is 1. The summed E-state index contributed by atoms with van der Waals surface area (Å²) in [5.41, 5.74) is 3.89. The molecule has 1 heterocycles. The van der Waals surface area contributed by atoms with Crippen molar-refractivity contribution in [2.75, 3.05) is 6.61 Å². The Kier molecular flexibility index (Phi) is 7.21. The summed E-state index contributed by atoms with van der Waals surface area (Å²) in [6, 6.07) is 6.42. The highest BCUT2D eigenvalue weighted by atomic mass is 16.5. The number of unbranched alkanes of at least 4 members (excludes halogenated alkanes) is 1. The number of fused-ring (bicyclic) bond motifs is 1. The van der Waals surface area contributed by atoms with Gasteiger partial charge in [-0.15, -0.1) is 0 Å². The number of ether oxygens (including phenoxy) is 1. The molecule has 0 aromatic heterocycles. The van der Waals surface area contributed by atoms with Crippen molar-refractivity contribution in [3.05, 3.63) is 34.9 Å². The van der Waals surface area contributed by atoms with Crippen LogP contribution in [-0.4, -0.2) is 30.3 Å². The quantitative estimate of drug-likeness (QED) is 0.447. The summed E-state index contributed by atoms with van der Waals surface area (Å²) in [7, 11) is 0. The highest BCUT2D eigenvalue weighted by Crippen LogP contribution is 2.29. The number of amides is 1. The lowest BCUT2D eigenvalue weighted by atomic mass is 9.86. The zero-order valence-electron chi connectivity index (χ0n) is 17.6. The van der Waals surface area contributed by atoms with Crippen LogP contribution in [0.15, 0.2) is 18.2 Å². The van der Waals surface area contributed by atoms with Crippen molar-refractivity contribution in [2.45, 2.75) is 79.5 Å². The van der Waals surface area contributed by atoms with Gasteiger partial charge in [-0.1, -0.05) is 59.2 Å². The number of hydrogen-bond acceptors (Lipinski definition) is 3. The third kappa shape index (κ3) is 6.17. The molecule has 0 saturated carbocycles. The Hall–Kier alpha value is -1.68. The molecule has 2 rings (SSSR count). The number of carbonyl (C=O) groups is 2. The minimum Gasteiger partial charge on any atom is -0.370 e. The normalized spacial score (nSPS) is 15.5. The fourth-order valence-corrected chi connectivity index (χ4v) is 3.63. The number of aryl methyl sites for hydroxylation is 1. The summed E-state index contributed by atoms with van der Waals surface area (Å²) in [6.07, 6.45) is 5.87. The van der Waals surface area contributed by atoms with Crippen LogP contribution in [0.3, 0.4) is 0 Å². The zero-order chi connectivity index (χ0) is 20.1. The molecule has 1 amide bonds. The van der Waals surface area contributed by atoms with Gasteiger partial charge in [0.05, 0.1) is 6.61 Å². The Labute approximate surface area is 164 Å². The topological polar surface area (TPSA) is 46.6 Å². The minimum atomic E-state index is -0.357. The van der Waals surface area contributed by atoms with Crippen LogP contribution in [0.1, 0.15) is 70.6 Å². The lowest BCUT2D eigenvalue weighted by Crippen LogP contribution is -2.34. The summed E-state index contributed by atoms with van der Waals surface area (Å²) >= 11 is 0. The fraction of sp³-hybridized carbons (Fsp3) is 0.652. The minimum absolute atomic E-state index is 0.0550.